The molecule has 6 heteroatoms. The second kappa shape index (κ2) is 11.9. The molecule has 5 rings (SSSR count). The Morgan fingerprint density at radius 3 is 2.20 bits per heavy atom. The highest BCUT2D eigenvalue weighted by Crippen LogP contribution is 2.45. The van der Waals surface area contributed by atoms with Crippen LogP contribution in [0.1, 0.15) is 82.8 Å². The molecule has 2 aliphatic rings. The minimum atomic E-state index is -0.754. The Kier molecular flexibility index (Phi) is 8.34. The van der Waals surface area contributed by atoms with Crippen LogP contribution in [0.15, 0.2) is 60.8 Å². The van der Waals surface area contributed by atoms with E-state index in [9.17, 15) is 9.90 Å². The first-order chi connectivity index (χ1) is 19.2. The van der Waals surface area contributed by atoms with Crippen molar-refractivity contribution in [2.45, 2.75) is 89.3 Å². The van der Waals surface area contributed by atoms with Gasteiger partial charge in [0.2, 0.25) is 5.88 Å². The number of benzene rings is 2. The van der Waals surface area contributed by atoms with Crippen LogP contribution in [-0.4, -0.2) is 35.4 Å². The lowest BCUT2D eigenvalue weighted by Gasteiger charge is -2.30. The van der Waals surface area contributed by atoms with Crippen molar-refractivity contribution in [3.63, 3.8) is 0 Å². The van der Waals surface area contributed by atoms with Crippen LogP contribution in [0.2, 0.25) is 0 Å². The average Bonchev–Trinajstić information content (AvgIpc) is 3.78. The standard InChI is InChI=1S/C34H41NO5/c1-34(2,3)25-9-7-22(8-10-25)29-16-15-28(38-4)20-31(29)39-26-11-13-27(14-12-26)40-32-19-24(17-18-35-32)30(21-33(36)37)23-5-6-23/h7-10,15-20,23,26-27,30H,5-6,11-14,21H2,1-4H3,(H,36,37)/t26-,27+,30?. The molecule has 0 radical (unpaired) electrons. The van der Waals surface area contributed by atoms with Gasteiger partial charge in [-0.05, 0) is 90.7 Å². The number of carboxylic acids is 1. The normalized spacial score (nSPS) is 20.0. The number of carboxylic acid groups (broad SMARTS) is 1. The number of aromatic nitrogens is 1. The van der Waals surface area contributed by atoms with Crippen LogP contribution in [0.25, 0.3) is 11.1 Å². The van der Waals surface area contributed by atoms with Gasteiger partial charge in [0, 0.05) is 23.9 Å². The Morgan fingerprint density at radius 1 is 0.925 bits per heavy atom. The predicted molar refractivity (Wildman–Crippen MR) is 156 cm³/mol. The molecular formula is C34H41NO5. The van der Waals surface area contributed by atoms with E-state index in [1.165, 1.54) is 5.56 Å². The highest BCUT2D eigenvalue weighted by molar-refractivity contribution is 5.72. The maximum Gasteiger partial charge on any atom is 0.303 e. The molecule has 0 saturated heterocycles. The van der Waals surface area contributed by atoms with Gasteiger partial charge < -0.3 is 19.3 Å². The number of hydrogen-bond donors (Lipinski definition) is 1. The molecule has 3 aromatic rings. The first-order valence-electron chi connectivity index (χ1n) is 14.5. The number of rotatable bonds is 10. The summed E-state index contributed by atoms with van der Waals surface area (Å²) in [6.07, 6.45) is 7.76. The number of methoxy groups -OCH3 is 1. The maximum atomic E-state index is 11.4. The molecule has 1 atom stereocenters. The van der Waals surface area contributed by atoms with Crippen LogP contribution in [0, 0.1) is 5.92 Å². The smallest absolute Gasteiger partial charge is 0.303 e. The third kappa shape index (κ3) is 6.96. The predicted octanol–water partition coefficient (Wildman–Crippen LogP) is 7.79. The molecule has 1 aromatic heterocycles. The third-order valence-corrected chi connectivity index (χ3v) is 8.23. The largest absolute Gasteiger partial charge is 0.497 e. The molecule has 2 aromatic carbocycles. The van der Waals surface area contributed by atoms with Gasteiger partial charge in [0.1, 0.15) is 17.6 Å². The minimum Gasteiger partial charge on any atom is -0.497 e. The van der Waals surface area contributed by atoms with E-state index in [1.807, 2.05) is 24.3 Å². The fraction of sp³-hybridized carbons (Fsp3) is 0.471. The molecule has 2 saturated carbocycles. The van der Waals surface area contributed by atoms with E-state index in [-0.39, 0.29) is 30.0 Å². The zero-order valence-electron chi connectivity index (χ0n) is 24.1. The molecule has 40 heavy (non-hydrogen) atoms. The summed E-state index contributed by atoms with van der Waals surface area (Å²) < 4.78 is 18.4. The van der Waals surface area contributed by atoms with E-state index in [4.69, 9.17) is 14.2 Å². The molecule has 0 spiro atoms. The molecular weight excluding hydrogens is 502 g/mol. The van der Waals surface area contributed by atoms with Gasteiger partial charge in [-0.1, -0.05) is 45.0 Å². The lowest BCUT2D eigenvalue weighted by Crippen LogP contribution is -2.30. The van der Waals surface area contributed by atoms with Crippen molar-refractivity contribution in [1.29, 1.82) is 0 Å². The summed E-state index contributed by atoms with van der Waals surface area (Å²) in [5, 5.41) is 9.37. The molecule has 212 valence electrons. The summed E-state index contributed by atoms with van der Waals surface area (Å²) in [5.74, 6) is 1.94. The second-order valence-corrected chi connectivity index (χ2v) is 12.3. The van der Waals surface area contributed by atoms with Gasteiger partial charge in [-0.25, -0.2) is 4.98 Å². The number of aliphatic carboxylic acids is 1. The van der Waals surface area contributed by atoms with Gasteiger partial charge in [-0.3, -0.25) is 4.79 Å². The summed E-state index contributed by atoms with van der Waals surface area (Å²) in [4.78, 5) is 15.8. The number of carbonyl (C=O) groups is 1. The first-order valence-corrected chi connectivity index (χ1v) is 14.5. The van der Waals surface area contributed by atoms with Crippen molar-refractivity contribution in [3.05, 3.63) is 71.9 Å². The molecule has 0 amide bonds. The van der Waals surface area contributed by atoms with Crippen molar-refractivity contribution >= 4 is 5.97 Å². The monoisotopic (exact) mass is 543 g/mol. The van der Waals surface area contributed by atoms with E-state index in [2.05, 4.69) is 56.1 Å². The quantitative estimate of drug-likeness (QED) is 0.281. The van der Waals surface area contributed by atoms with Gasteiger partial charge in [0.15, 0.2) is 0 Å². The second-order valence-electron chi connectivity index (χ2n) is 12.3. The van der Waals surface area contributed by atoms with Crippen LogP contribution in [0.5, 0.6) is 17.4 Å². The van der Waals surface area contributed by atoms with E-state index in [0.29, 0.717) is 11.8 Å². The summed E-state index contributed by atoms with van der Waals surface area (Å²) >= 11 is 0. The zero-order valence-corrected chi connectivity index (χ0v) is 24.1. The highest BCUT2D eigenvalue weighted by Gasteiger charge is 2.34. The van der Waals surface area contributed by atoms with E-state index in [1.54, 1.807) is 13.3 Å². The molecule has 2 aliphatic carbocycles. The molecule has 1 heterocycles. The molecule has 1 N–H and O–H groups in total. The topological polar surface area (TPSA) is 77.9 Å². The fourth-order valence-corrected chi connectivity index (χ4v) is 5.70. The highest BCUT2D eigenvalue weighted by atomic mass is 16.5. The van der Waals surface area contributed by atoms with Crippen molar-refractivity contribution in [2.24, 2.45) is 5.92 Å². The molecule has 0 bridgehead atoms. The SMILES string of the molecule is COc1ccc(-c2ccc(C(C)(C)C)cc2)c(O[C@H]2CC[C@@H](Oc3cc(C(CC(=O)O)C4CC4)ccn3)CC2)c1. The maximum absolute atomic E-state index is 11.4. The first kappa shape index (κ1) is 28.0. The molecule has 1 unspecified atom stereocenters. The lowest BCUT2D eigenvalue weighted by molar-refractivity contribution is -0.137. The summed E-state index contributed by atoms with van der Waals surface area (Å²) in [5.41, 5.74) is 4.61. The minimum absolute atomic E-state index is 0.0358. The number of ether oxygens (including phenoxy) is 3. The summed E-state index contributed by atoms with van der Waals surface area (Å²) in [6, 6.07) is 18.7. The Hall–Kier alpha value is -3.54. The van der Waals surface area contributed by atoms with Crippen molar-refractivity contribution in [2.75, 3.05) is 7.11 Å². The van der Waals surface area contributed by atoms with Crippen LogP contribution < -0.4 is 14.2 Å². The number of pyridine rings is 1. The molecule has 0 aliphatic heterocycles. The van der Waals surface area contributed by atoms with Gasteiger partial charge in [0.05, 0.1) is 19.6 Å². The van der Waals surface area contributed by atoms with Gasteiger partial charge in [-0.2, -0.15) is 0 Å². The molecule has 2 fully saturated rings. The zero-order chi connectivity index (χ0) is 28.3. The van der Waals surface area contributed by atoms with Crippen molar-refractivity contribution < 1.29 is 24.1 Å². The molecule has 6 nitrogen and oxygen atoms in total. The van der Waals surface area contributed by atoms with E-state index < -0.39 is 5.97 Å². The van der Waals surface area contributed by atoms with Crippen LogP contribution in [-0.2, 0) is 10.2 Å². The van der Waals surface area contributed by atoms with Gasteiger partial charge >= 0.3 is 5.97 Å². The van der Waals surface area contributed by atoms with Crippen molar-refractivity contribution in [3.8, 4) is 28.5 Å². The Labute approximate surface area is 237 Å². The summed E-state index contributed by atoms with van der Waals surface area (Å²) in [7, 11) is 1.68. The van der Waals surface area contributed by atoms with Gasteiger partial charge in [-0.15, -0.1) is 0 Å². The van der Waals surface area contributed by atoms with Crippen molar-refractivity contribution in [1.82, 2.24) is 4.98 Å². The fourth-order valence-electron chi connectivity index (χ4n) is 5.70. The Balaban J connectivity index is 1.23. The van der Waals surface area contributed by atoms with Crippen LogP contribution >= 0.6 is 0 Å². The summed E-state index contributed by atoms with van der Waals surface area (Å²) in [6.45, 7) is 6.67. The lowest BCUT2D eigenvalue weighted by atomic mass is 9.86. The van der Waals surface area contributed by atoms with Crippen LogP contribution in [0.4, 0.5) is 0 Å². The van der Waals surface area contributed by atoms with E-state index in [0.717, 1.165) is 66.7 Å². The Morgan fingerprint density at radius 2 is 1.60 bits per heavy atom. The third-order valence-electron chi connectivity index (χ3n) is 8.23. The Bertz CT molecular complexity index is 1300. The van der Waals surface area contributed by atoms with Crippen LogP contribution in [0.3, 0.4) is 0 Å². The van der Waals surface area contributed by atoms with Gasteiger partial charge in [0.25, 0.3) is 0 Å². The van der Waals surface area contributed by atoms with E-state index >= 15 is 0 Å². The number of hydrogen-bond acceptors (Lipinski definition) is 5. The average molecular weight is 544 g/mol. The number of nitrogens with zero attached hydrogens (tertiary/aromatic N) is 1.